The molecule has 0 bridgehead atoms. The van der Waals surface area contributed by atoms with Crippen molar-refractivity contribution in [2.45, 2.75) is 19.9 Å². The third kappa shape index (κ3) is 3.33. The number of nitrogens with zero attached hydrogens (tertiary/aromatic N) is 2. The van der Waals surface area contributed by atoms with Crippen molar-refractivity contribution >= 4 is 5.91 Å². The molecule has 1 aromatic rings. The van der Waals surface area contributed by atoms with Crippen LogP contribution in [-0.4, -0.2) is 48.4 Å². The van der Waals surface area contributed by atoms with Gasteiger partial charge in [0, 0.05) is 32.2 Å². The number of carbonyl (C=O) groups excluding carboxylic acids is 1. The monoisotopic (exact) mass is 261 g/mol. The molecule has 1 unspecified atom stereocenters. The summed E-state index contributed by atoms with van der Waals surface area (Å²) in [5.74, 6) is 0.0580. The molecule has 4 nitrogen and oxygen atoms in total. The van der Waals surface area contributed by atoms with E-state index in [1.54, 1.807) is 0 Å². The summed E-state index contributed by atoms with van der Waals surface area (Å²) in [6.07, 6.45) is 0. The third-order valence-corrected chi connectivity index (χ3v) is 3.95. The van der Waals surface area contributed by atoms with E-state index in [4.69, 9.17) is 5.73 Å². The summed E-state index contributed by atoms with van der Waals surface area (Å²) in [4.78, 5) is 15.8. The quantitative estimate of drug-likeness (QED) is 0.888. The molecule has 0 aliphatic carbocycles. The lowest BCUT2D eigenvalue weighted by Crippen LogP contribution is -2.50. The maximum atomic E-state index is 11.5. The first-order chi connectivity index (χ1) is 9.11. The Hall–Kier alpha value is -1.39. The average molecular weight is 261 g/mol. The second kappa shape index (κ2) is 6.17. The van der Waals surface area contributed by atoms with E-state index in [-0.39, 0.29) is 12.5 Å². The molecule has 4 heteroatoms. The van der Waals surface area contributed by atoms with Crippen LogP contribution < -0.4 is 5.73 Å². The van der Waals surface area contributed by atoms with Gasteiger partial charge in [0.1, 0.15) is 0 Å². The number of nitrogens with two attached hydrogens (primary N) is 1. The predicted octanol–water partition coefficient (Wildman–Crippen LogP) is 1.16. The Morgan fingerprint density at radius 3 is 2.32 bits per heavy atom. The lowest BCUT2D eigenvalue weighted by atomic mass is 10.0. The fourth-order valence-electron chi connectivity index (χ4n) is 2.54. The molecule has 19 heavy (non-hydrogen) atoms. The molecule has 0 radical (unpaired) electrons. The minimum Gasteiger partial charge on any atom is -0.339 e. The van der Waals surface area contributed by atoms with E-state index in [9.17, 15) is 4.79 Å². The van der Waals surface area contributed by atoms with Crippen LogP contribution in [0.15, 0.2) is 24.3 Å². The van der Waals surface area contributed by atoms with Gasteiger partial charge in [0.25, 0.3) is 0 Å². The maximum Gasteiger partial charge on any atom is 0.236 e. The van der Waals surface area contributed by atoms with Gasteiger partial charge in [0.2, 0.25) is 5.91 Å². The smallest absolute Gasteiger partial charge is 0.236 e. The number of aryl methyl sites for hydroxylation is 1. The first-order valence-corrected chi connectivity index (χ1v) is 6.90. The van der Waals surface area contributed by atoms with E-state index in [2.05, 4.69) is 43.0 Å². The molecule has 0 aromatic heterocycles. The normalized spacial score (nSPS) is 18.4. The summed E-state index contributed by atoms with van der Waals surface area (Å²) in [5, 5.41) is 0. The van der Waals surface area contributed by atoms with E-state index in [0.717, 1.165) is 26.2 Å². The summed E-state index contributed by atoms with van der Waals surface area (Å²) in [6, 6.07) is 9.09. The highest BCUT2D eigenvalue weighted by molar-refractivity contribution is 5.78. The van der Waals surface area contributed by atoms with Crippen LogP contribution in [-0.2, 0) is 4.79 Å². The van der Waals surface area contributed by atoms with Crippen LogP contribution in [0.1, 0.15) is 24.1 Å². The topological polar surface area (TPSA) is 49.6 Å². The van der Waals surface area contributed by atoms with Crippen LogP contribution >= 0.6 is 0 Å². The number of hydrogen-bond donors (Lipinski definition) is 1. The Balaban J connectivity index is 1.94. The maximum absolute atomic E-state index is 11.5. The molecule has 1 fully saturated rings. The van der Waals surface area contributed by atoms with E-state index in [0.29, 0.717) is 6.04 Å². The molecule has 1 aliphatic rings. The summed E-state index contributed by atoms with van der Waals surface area (Å²) >= 11 is 0. The number of amides is 1. The first-order valence-electron chi connectivity index (χ1n) is 6.90. The van der Waals surface area contributed by atoms with Crippen molar-refractivity contribution in [1.82, 2.24) is 9.80 Å². The second-order valence-electron chi connectivity index (χ2n) is 5.21. The van der Waals surface area contributed by atoms with Gasteiger partial charge in [-0.15, -0.1) is 0 Å². The van der Waals surface area contributed by atoms with Crippen LogP contribution in [0, 0.1) is 6.92 Å². The molecule has 1 saturated heterocycles. The fraction of sp³-hybridized carbons (Fsp3) is 0.533. The third-order valence-electron chi connectivity index (χ3n) is 3.95. The van der Waals surface area contributed by atoms with Gasteiger partial charge in [-0.05, 0) is 19.4 Å². The van der Waals surface area contributed by atoms with Crippen molar-refractivity contribution in [3.05, 3.63) is 35.4 Å². The fourth-order valence-corrected chi connectivity index (χ4v) is 2.54. The second-order valence-corrected chi connectivity index (χ2v) is 5.21. The Morgan fingerprint density at radius 1 is 1.21 bits per heavy atom. The number of piperazine rings is 1. The number of benzene rings is 1. The van der Waals surface area contributed by atoms with Crippen molar-refractivity contribution in [3.63, 3.8) is 0 Å². The molecular weight excluding hydrogens is 238 g/mol. The van der Waals surface area contributed by atoms with Gasteiger partial charge in [0.05, 0.1) is 6.54 Å². The van der Waals surface area contributed by atoms with Crippen molar-refractivity contribution < 1.29 is 4.79 Å². The van der Waals surface area contributed by atoms with Gasteiger partial charge >= 0.3 is 0 Å². The molecule has 1 aliphatic heterocycles. The average Bonchev–Trinajstić information content (AvgIpc) is 2.46. The minimum atomic E-state index is 0.0580. The summed E-state index contributed by atoms with van der Waals surface area (Å²) in [5.41, 5.74) is 8.02. The number of hydrogen-bond acceptors (Lipinski definition) is 3. The molecule has 2 N–H and O–H groups in total. The molecule has 1 aromatic carbocycles. The highest BCUT2D eigenvalue weighted by atomic mass is 16.2. The molecule has 1 amide bonds. The lowest BCUT2D eigenvalue weighted by Gasteiger charge is -2.38. The summed E-state index contributed by atoms with van der Waals surface area (Å²) < 4.78 is 0. The molecule has 1 heterocycles. The Labute approximate surface area is 115 Å². The number of rotatable bonds is 3. The van der Waals surface area contributed by atoms with Crippen molar-refractivity contribution in [2.75, 3.05) is 32.7 Å². The highest BCUT2D eigenvalue weighted by Gasteiger charge is 2.23. The van der Waals surface area contributed by atoms with Crippen LogP contribution in [0.25, 0.3) is 0 Å². The largest absolute Gasteiger partial charge is 0.339 e. The van der Waals surface area contributed by atoms with E-state index < -0.39 is 0 Å². The number of carbonyl (C=O) groups is 1. The summed E-state index contributed by atoms with van der Waals surface area (Å²) in [6.45, 7) is 7.85. The molecule has 104 valence electrons. The SMILES string of the molecule is Cc1ccc(C(C)N2CCN(C(=O)CN)CC2)cc1. The zero-order valence-electron chi connectivity index (χ0n) is 11.8. The first kappa shape index (κ1) is 14.0. The van der Waals surface area contributed by atoms with Crippen molar-refractivity contribution in [2.24, 2.45) is 5.73 Å². The molecule has 1 atom stereocenters. The van der Waals surface area contributed by atoms with Gasteiger partial charge in [-0.2, -0.15) is 0 Å². The van der Waals surface area contributed by atoms with Gasteiger partial charge in [-0.3, -0.25) is 9.69 Å². The molecule has 2 rings (SSSR count). The van der Waals surface area contributed by atoms with Gasteiger partial charge < -0.3 is 10.6 Å². The van der Waals surface area contributed by atoms with E-state index in [1.165, 1.54) is 11.1 Å². The van der Waals surface area contributed by atoms with Crippen LogP contribution in [0.3, 0.4) is 0 Å². The van der Waals surface area contributed by atoms with Crippen molar-refractivity contribution in [3.8, 4) is 0 Å². The van der Waals surface area contributed by atoms with E-state index in [1.807, 2.05) is 4.90 Å². The summed E-state index contributed by atoms with van der Waals surface area (Å²) in [7, 11) is 0. The van der Waals surface area contributed by atoms with Crippen molar-refractivity contribution in [1.29, 1.82) is 0 Å². The van der Waals surface area contributed by atoms with Gasteiger partial charge in [-0.25, -0.2) is 0 Å². The molecule has 0 spiro atoms. The Bertz CT molecular complexity index is 422. The standard InChI is InChI=1S/C15H23N3O/c1-12-3-5-14(6-4-12)13(2)17-7-9-18(10-8-17)15(19)11-16/h3-6,13H,7-11,16H2,1-2H3. The van der Waals surface area contributed by atoms with Crippen LogP contribution in [0.5, 0.6) is 0 Å². The minimum absolute atomic E-state index is 0.0580. The van der Waals surface area contributed by atoms with E-state index >= 15 is 0 Å². The highest BCUT2D eigenvalue weighted by Crippen LogP contribution is 2.21. The van der Waals surface area contributed by atoms with Crippen LogP contribution in [0.4, 0.5) is 0 Å². The Kier molecular flexibility index (Phi) is 4.56. The lowest BCUT2D eigenvalue weighted by molar-refractivity contribution is -0.131. The Morgan fingerprint density at radius 2 is 1.79 bits per heavy atom. The van der Waals surface area contributed by atoms with Gasteiger partial charge in [0.15, 0.2) is 0 Å². The van der Waals surface area contributed by atoms with Gasteiger partial charge in [-0.1, -0.05) is 29.8 Å². The molecular formula is C15H23N3O. The predicted molar refractivity (Wildman–Crippen MR) is 76.8 cm³/mol. The zero-order valence-corrected chi connectivity index (χ0v) is 11.8. The zero-order chi connectivity index (χ0) is 13.8. The van der Waals surface area contributed by atoms with Crippen LogP contribution in [0.2, 0.25) is 0 Å². The molecule has 0 saturated carbocycles.